The Kier molecular flexibility index (Phi) is 4.18. The van der Waals surface area contributed by atoms with E-state index < -0.39 is 0 Å². The van der Waals surface area contributed by atoms with Crippen LogP contribution in [0.5, 0.6) is 0 Å². The van der Waals surface area contributed by atoms with Crippen molar-refractivity contribution in [2.45, 2.75) is 35.1 Å². The molecule has 2 nitrogen and oxygen atoms in total. The molecule has 1 aliphatic rings. The topological polar surface area (TPSA) is 29.1 Å². The van der Waals surface area contributed by atoms with Gasteiger partial charge < -0.3 is 5.32 Å². The minimum atomic E-state index is 0.0722. The van der Waals surface area contributed by atoms with Gasteiger partial charge in [0.2, 0.25) is 0 Å². The Balaban J connectivity index is 1.89. The van der Waals surface area contributed by atoms with Gasteiger partial charge in [-0.15, -0.1) is 11.8 Å². The van der Waals surface area contributed by atoms with Gasteiger partial charge in [-0.05, 0) is 55.5 Å². The van der Waals surface area contributed by atoms with E-state index in [1.165, 1.54) is 23.1 Å². The molecule has 1 amide bonds. The number of carbonyl (C=O) groups is 1. The molecule has 0 spiro atoms. The molecule has 0 aromatic heterocycles. The van der Waals surface area contributed by atoms with Crippen LogP contribution in [0.15, 0.2) is 34.1 Å². The summed E-state index contributed by atoms with van der Waals surface area (Å²) in [5, 5.41) is 3.09. The van der Waals surface area contributed by atoms with Crippen LogP contribution >= 0.6 is 23.5 Å². The smallest absolute Gasteiger partial charge is 0.284 e. The summed E-state index contributed by atoms with van der Waals surface area (Å²) in [6, 6.07) is 8.49. The molecule has 1 aliphatic carbocycles. The van der Waals surface area contributed by atoms with Crippen LogP contribution in [0.25, 0.3) is 0 Å². The third-order valence-corrected chi connectivity index (χ3v) is 4.20. The first kappa shape index (κ1) is 11.9. The van der Waals surface area contributed by atoms with Gasteiger partial charge >= 0.3 is 0 Å². The van der Waals surface area contributed by atoms with Crippen molar-refractivity contribution >= 4 is 28.8 Å². The standard InChI is InChI=1S/C12H15NOS2/c1-15-10-6-3-7-11(8-10)16-12(14)13-9-4-2-5-9/h3,6-9H,2,4-5H2,1H3,(H,13,14). The summed E-state index contributed by atoms with van der Waals surface area (Å²) in [4.78, 5) is 13.9. The Morgan fingerprint density at radius 1 is 1.38 bits per heavy atom. The van der Waals surface area contributed by atoms with Gasteiger partial charge in [0, 0.05) is 15.8 Å². The summed E-state index contributed by atoms with van der Waals surface area (Å²) in [5.74, 6) is 0. The quantitative estimate of drug-likeness (QED) is 0.832. The van der Waals surface area contributed by atoms with Gasteiger partial charge in [-0.3, -0.25) is 4.79 Å². The van der Waals surface area contributed by atoms with E-state index in [0.717, 1.165) is 17.7 Å². The zero-order chi connectivity index (χ0) is 11.4. The summed E-state index contributed by atoms with van der Waals surface area (Å²) in [6.07, 6.45) is 5.56. The number of hydrogen-bond donors (Lipinski definition) is 1. The molecule has 2 rings (SSSR count). The minimum Gasteiger partial charge on any atom is -0.344 e. The largest absolute Gasteiger partial charge is 0.344 e. The van der Waals surface area contributed by atoms with Crippen molar-refractivity contribution < 1.29 is 4.79 Å². The number of thioether (sulfide) groups is 2. The predicted octanol–water partition coefficient (Wildman–Crippen LogP) is 3.76. The van der Waals surface area contributed by atoms with Crippen LogP contribution in [0.3, 0.4) is 0 Å². The van der Waals surface area contributed by atoms with Gasteiger partial charge in [0.1, 0.15) is 0 Å². The molecule has 1 fully saturated rings. The van der Waals surface area contributed by atoms with Crippen molar-refractivity contribution in [3.63, 3.8) is 0 Å². The summed E-state index contributed by atoms with van der Waals surface area (Å²) in [6.45, 7) is 0. The molecular weight excluding hydrogens is 238 g/mol. The number of rotatable bonds is 3. The second-order valence-electron chi connectivity index (χ2n) is 3.84. The van der Waals surface area contributed by atoms with E-state index in [1.807, 2.05) is 18.4 Å². The average Bonchev–Trinajstić information content (AvgIpc) is 2.24. The normalized spacial score (nSPS) is 15.6. The van der Waals surface area contributed by atoms with Crippen molar-refractivity contribution in [1.82, 2.24) is 5.32 Å². The van der Waals surface area contributed by atoms with Gasteiger partial charge in [-0.2, -0.15) is 0 Å². The van der Waals surface area contributed by atoms with E-state index in [9.17, 15) is 4.79 Å². The highest BCUT2D eigenvalue weighted by molar-refractivity contribution is 8.13. The lowest BCUT2D eigenvalue weighted by molar-refractivity contribution is 0.249. The summed E-state index contributed by atoms with van der Waals surface area (Å²) < 4.78 is 0. The predicted molar refractivity (Wildman–Crippen MR) is 70.3 cm³/mol. The van der Waals surface area contributed by atoms with Crippen LogP contribution in [0.1, 0.15) is 19.3 Å². The van der Waals surface area contributed by atoms with Crippen LogP contribution in [0.2, 0.25) is 0 Å². The molecule has 1 saturated carbocycles. The minimum absolute atomic E-state index is 0.0722. The highest BCUT2D eigenvalue weighted by atomic mass is 32.2. The average molecular weight is 253 g/mol. The molecule has 0 bridgehead atoms. The molecule has 16 heavy (non-hydrogen) atoms. The number of carbonyl (C=O) groups excluding carboxylic acids is 1. The maximum Gasteiger partial charge on any atom is 0.284 e. The van der Waals surface area contributed by atoms with Crippen LogP contribution < -0.4 is 5.32 Å². The Morgan fingerprint density at radius 2 is 2.12 bits per heavy atom. The zero-order valence-corrected chi connectivity index (χ0v) is 10.9. The molecule has 0 saturated heterocycles. The van der Waals surface area contributed by atoms with Crippen LogP contribution in [0, 0.1) is 0 Å². The van der Waals surface area contributed by atoms with Crippen molar-refractivity contribution in [2.75, 3.05) is 6.26 Å². The lowest BCUT2D eigenvalue weighted by Crippen LogP contribution is -2.37. The lowest BCUT2D eigenvalue weighted by atomic mass is 9.94. The van der Waals surface area contributed by atoms with E-state index in [1.54, 1.807) is 11.8 Å². The van der Waals surface area contributed by atoms with Crippen LogP contribution in [-0.4, -0.2) is 17.5 Å². The highest BCUT2D eigenvalue weighted by Gasteiger charge is 2.19. The first-order valence-electron chi connectivity index (χ1n) is 5.40. The summed E-state index contributed by atoms with van der Waals surface area (Å²) >= 11 is 2.98. The Morgan fingerprint density at radius 3 is 2.75 bits per heavy atom. The lowest BCUT2D eigenvalue weighted by Gasteiger charge is -2.25. The first-order valence-corrected chi connectivity index (χ1v) is 7.44. The Labute approximate surface area is 105 Å². The van der Waals surface area contributed by atoms with E-state index in [2.05, 4.69) is 17.4 Å². The SMILES string of the molecule is CSc1cccc(SC(=O)NC2CCC2)c1. The van der Waals surface area contributed by atoms with Gasteiger partial charge in [0.05, 0.1) is 0 Å². The molecule has 0 heterocycles. The molecule has 1 aromatic carbocycles. The molecule has 86 valence electrons. The van der Waals surface area contributed by atoms with Crippen molar-refractivity contribution in [3.05, 3.63) is 24.3 Å². The molecule has 0 atom stereocenters. The molecule has 0 radical (unpaired) electrons. The fourth-order valence-electron chi connectivity index (χ4n) is 1.52. The van der Waals surface area contributed by atoms with Gasteiger partial charge in [-0.25, -0.2) is 0 Å². The van der Waals surface area contributed by atoms with E-state index >= 15 is 0 Å². The number of nitrogens with one attached hydrogen (secondary N) is 1. The fraction of sp³-hybridized carbons (Fsp3) is 0.417. The first-order chi connectivity index (χ1) is 7.78. The zero-order valence-electron chi connectivity index (χ0n) is 9.23. The monoisotopic (exact) mass is 253 g/mol. The number of hydrogen-bond acceptors (Lipinski definition) is 3. The van der Waals surface area contributed by atoms with Gasteiger partial charge in [0.15, 0.2) is 0 Å². The molecule has 1 aromatic rings. The maximum atomic E-state index is 11.7. The molecular formula is C12H15NOS2. The summed E-state index contributed by atoms with van der Waals surface area (Å²) in [5.41, 5.74) is 0. The summed E-state index contributed by atoms with van der Waals surface area (Å²) in [7, 11) is 0. The van der Waals surface area contributed by atoms with E-state index in [0.29, 0.717) is 6.04 Å². The number of benzene rings is 1. The van der Waals surface area contributed by atoms with E-state index in [-0.39, 0.29) is 5.24 Å². The van der Waals surface area contributed by atoms with Crippen molar-refractivity contribution in [3.8, 4) is 0 Å². The highest BCUT2D eigenvalue weighted by Crippen LogP contribution is 2.25. The third-order valence-electron chi connectivity index (χ3n) is 2.68. The Bertz CT molecular complexity index is 377. The number of amides is 1. The van der Waals surface area contributed by atoms with Crippen LogP contribution in [-0.2, 0) is 0 Å². The van der Waals surface area contributed by atoms with E-state index in [4.69, 9.17) is 0 Å². The molecule has 0 aliphatic heterocycles. The molecule has 1 N–H and O–H groups in total. The van der Waals surface area contributed by atoms with Gasteiger partial charge in [-0.1, -0.05) is 6.07 Å². The molecule has 4 heteroatoms. The van der Waals surface area contributed by atoms with Crippen molar-refractivity contribution in [1.29, 1.82) is 0 Å². The van der Waals surface area contributed by atoms with Crippen LogP contribution in [0.4, 0.5) is 4.79 Å². The van der Waals surface area contributed by atoms with Gasteiger partial charge in [0.25, 0.3) is 5.24 Å². The fourth-order valence-corrected chi connectivity index (χ4v) is 2.83. The molecule has 0 unspecified atom stereocenters. The second kappa shape index (κ2) is 5.64. The second-order valence-corrected chi connectivity index (χ2v) is 5.77. The van der Waals surface area contributed by atoms with Crippen molar-refractivity contribution in [2.24, 2.45) is 0 Å². The third kappa shape index (κ3) is 3.19. The maximum absolute atomic E-state index is 11.7. The Hall–Kier alpha value is -0.610.